The number of rotatable bonds is 3. The van der Waals surface area contributed by atoms with Gasteiger partial charge in [0.1, 0.15) is 0 Å². The molecule has 0 aliphatic rings. The lowest BCUT2D eigenvalue weighted by molar-refractivity contribution is 0.0951. The van der Waals surface area contributed by atoms with E-state index in [0.29, 0.717) is 17.1 Å². The van der Waals surface area contributed by atoms with Crippen molar-refractivity contribution in [2.75, 3.05) is 0 Å². The van der Waals surface area contributed by atoms with Gasteiger partial charge in [-0.1, -0.05) is 23.7 Å². The highest BCUT2D eigenvalue weighted by Gasteiger charge is 2.09. The average molecular weight is 331 g/mol. The fraction of sp³-hybridized carbons (Fsp3) is 0.0833. The lowest BCUT2D eigenvalue weighted by Gasteiger charge is -2.04. The fourth-order valence-corrected chi connectivity index (χ4v) is 2.97. The molecule has 1 heterocycles. The first kappa shape index (κ1) is 12.6. The van der Waals surface area contributed by atoms with E-state index in [1.165, 1.54) is 0 Å². The summed E-state index contributed by atoms with van der Waals surface area (Å²) in [7, 11) is 0. The van der Waals surface area contributed by atoms with Crippen LogP contribution in [0.1, 0.15) is 15.2 Å². The van der Waals surface area contributed by atoms with Crippen LogP contribution < -0.4 is 5.32 Å². The number of nitrogens with one attached hydrogen (secondary N) is 1. The van der Waals surface area contributed by atoms with Crippen LogP contribution in [-0.4, -0.2) is 5.91 Å². The summed E-state index contributed by atoms with van der Waals surface area (Å²) >= 11 is 10.9. The molecule has 0 fully saturated rings. The summed E-state index contributed by atoms with van der Waals surface area (Å²) in [5, 5.41) is 5.29. The largest absolute Gasteiger partial charge is 0.347 e. The zero-order valence-corrected chi connectivity index (χ0v) is 11.9. The number of carbonyl (C=O) groups excluding carboxylic acids is 1. The average Bonchev–Trinajstić information content (AvgIpc) is 2.73. The van der Waals surface area contributed by atoms with Gasteiger partial charge in [0.15, 0.2) is 0 Å². The molecule has 0 bridgehead atoms. The van der Waals surface area contributed by atoms with Crippen LogP contribution in [0, 0.1) is 0 Å². The van der Waals surface area contributed by atoms with Crippen molar-refractivity contribution < 1.29 is 4.79 Å². The van der Waals surface area contributed by atoms with E-state index in [1.807, 2.05) is 11.4 Å². The molecular formula is C12H9BrClNOS. The van der Waals surface area contributed by atoms with Gasteiger partial charge < -0.3 is 5.32 Å². The number of thiophene rings is 1. The third-order valence-electron chi connectivity index (χ3n) is 2.16. The molecule has 0 saturated carbocycles. The van der Waals surface area contributed by atoms with E-state index >= 15 is 0 Å². The molecule has 88 valence electrons. The predicted molar refractivity (Wildman–Crippen MR) is 74.6 cm³/mol. The Bertz CT molecular complexity index is 541. The van der Waals surface area contributed by atoms with E-state index in [1.54, 1.807) is 35.6 Å². The standard InChI is InChI=1S/C12H9BrClNOS/c13-8-5-9(17-7-8)6-15-12(16)10-3-1-2-4-11(10)14/h1-5,7H,6H2,(H,15,16). The maximum Gasteiger partial charge on any atom is 0.253 e. The monoisotopic (exact) mass is 329 g/mol. The summed E-state index contributed by atoms with van der Waals surface area (Å²) in [6.07, 6.45) is 0. The Kier molecular flexibility index (Phi) is 4.20. The maximum atomic E-state index is 11.8. The molecule has 1 aromatic carbocycles. The molecule has 17 heavy (non-hydrogen) atoms. The molecule has 0 spiro atoms. The minimum absolute atomic E-state index is 0.153. The van der Waals surface area contributed by atoms with Crippen LogP contribution in [0.2, 0.25) is 5.02 Å². The second kappa shape index (κ2) is 5.67. The lowest BCUT2D eigenvalue weighted by Crippen LogP contribution is -2.22. The van der Waals surface area contributed by atoms with Crippen LogP contribution in [0.5, 0.6) is 0 Å². The number of hydrogen-bond acceptors (Lipinski definition) is 2. The minimum atomic E-state index is -0.153. The molecule has 2 aromatic rings. The molecule has 0 aliphatic carbocycles. The first-order chi connectivity index (χ1) is 8.16. The fourth-order valence-electron chi connectivity index (χ4n) is 1.35. The van der Waals surface area contributed by atoms with E-state index < -0.39 is 0 Å². The van der Waals surface area contributed by atoms with Crippen LogP contribution >= 0.6 is 38.9 Å². The van der Waals surface area contributed by atoms with Crippen LogP contribution in [-0.2, 0) is 6.54 Å². The third kappa shape index (κ3) is 3.31. The quantitative estimate of drug-likeness (QED) is 0.902. The molecule has 0 aliphatic heterocycles. The Morgan fingerprint density at radius 1 is 1.41 bits per heavy atom. The lowest BCUT2D eigenvalue weighted by atomic mass is 10.2. The molecular weight excluding hydrogens is 322 g/mol. The van der Waals surface area contributed by atoms with Crippen molar-refractivity contribution >= 4 is 44.8 Å². The van der Waals surface area contributed by atoms with E-state index in [9.17, 15) is 4.79 Å². The topological polar surface area (TPSA) is 29.1 Å². The highest BCUT2D eigenvalue weighted by molar-refractivity contribution is 9.10. The van der Waals surface area contributed by atoms with Crippen molar-refractivity contribution in [3.8, 4) is 0 Å². The van der Waals surface area contributed by atoms with Crippen LogP contribution in [0.15, 0.2) is 40.2 Å². The van der Waals surface area contributed by atoms with E-state index in [2.05, 4.69) is 21.2 Å². The summed E-state index contributed by atoms with van der Waals surface area (Å²) in [6, 6.07) is 9.00. The molecule has 0 saturated heterocycles. The molecule has 2 nitrogen and oxygen atoms in total. The van der Waals surface area contributed by atoms with Crippen molar-refractivity contribution in [3.63, 3.8) is 0 Å². The Morgan fingerprint density at radius 3 is 2.82 bits per heavy atom. The van der Waals surface area contributed by atoms with E-state index in [-0.39, 0.29) is 5.91 Å². The van der Waals surface area contributed by atoms with Gasteiger partial charge in [0.2, 0.25) is 0 Å². The molecule has 0 unspecified atom stereocenters. The normalized spacial score (nSPS) is 10.2. The van der Waals surface area contributed by atoms with Crippen LogP contribution in [0.25, 0.3) is 0 Å². The van der Waals surface area contributed by atoms with Crippen molar-refractivity contribution in [2.24, 2.45) is 0 Å². The second-order valence-electron chi connectivity index (χ2n) is 3.39. The zero-order chi connectivity index (χ0) is 12.3. The van der Waals surface area contributed by atoms with Gasteiger partial charge in [0, 0.05) is 14.7 Å². The summed E-state index contributed by atoms with van der Waals surface area (Å²) < 4.78 is 1.03. The third-order valence-corrected chi connectivity index (χ3v) is 4.19. The van der Waals surface area contributed by atoms with Gasteiger partial charge in [-0.15, -0.1) is 11.3 Å². The number of halogens is 2. The predicted octanol–water partition coefficient (Wildman–Crippen LogP) is 4.09. The summed E-state index contributed by atoms with van der Waals surface area (Å²) in [6.45, 7) is 0.514. The molecule has 0 atom stereocenters. The van der Waals surface area contributed by atoms with Crippen molar-refractivity contribution in [3.05, 3.63) is 55.6 Å². The Hall–Kier alpha value is -0.840. The smallest absolute Gasteiger partial charge is 0.253 e. The van der Waals surface area contributed by atoms with Crippen molar-refractivity contribution in [1.29, 1.82) is 0 Å². The Morgan fingerprint density at radius 2 is 2.18 bits per heavy atom. The summed E-state index contributed by atoms with van der Waals surface area (Å²) in [5.74, 6) is -0.153. The Labute approximate surface area is 117 Å². The van der Waals surface area contributed by atoms with Gasteiger partial charge in [-0.05, 0) is 34.1 Å². The zero-order valence-electron chi connectivity index (χ0n) is 8.74. The first-order valence-electron chi connectivity index (χ1n) is 4.92. The molecule has 0 radical (unpaired) electrons. The van der Waals surface area contributed by atoms with Gasteiger partial charge in [-0.3, -0.25) is 4.79 Å². The van der Waals surface area contributed by atoms with Crippen LogP contribution in [0.4, 0.5) is 0 Å². The SMILES string of the molecule is O=C(NCc1cc(Br)cs1)c1ccccc1Cl. The molecule has 1 N–H and O–H groups in total. The summed E-state index contributed by atoms with van der Waals surface area (Å²) in [4.78, 5) is 12.9. The van der Waals surface area contributed by atoms with E-state index in [4.69, 9.17) is 11.6 Å². The van der Waals surface area contributed by atoms with Gasteiger partial charge in [0.05, 0.1) is 17.1 Å². The van der Waals surface area contributed by atoms with Gasteiger partial charge in [-0.2, -0.15) is 0 Å². The highest BCUT2D eigenvalue weighted by atomic mass is 79.9. The van der Waals surface area contributed by atoms with E-state index in [0.717, 1.165) is 9.35 Å². The van der Waals surface area contributed by atoms with Gasteiger partial charge >= 0.3 is 0 Å². The van der Waals surface area contributed by atoms with Gasteiger partial charge in [0.25, 0.3) is 5.91 Å². The summed E-state index contributed by atoms with van der Waals surface area (Å²) in [5.41, 5.74) is 0.504. The maximum absolute atomic E-state index is 11.8. The number of amides is 1. The number of carbonyl (C=O) groups is 1. The molecule has 2 rings (SSSR count). The first-order valence-corrected chi connectivity index (χ1v) is 6.97. The number of hydrogen-bond donors (Lipinski definition) is 1. The van der Waals surface area contributed by atoms with Crippen molar-refractivity contribution in [2.45, 2.75) is 6.54 Å². The van der Waals surface area contributed by atoms with Crippen molar-refractivity contribution in [1.82, 2.24) is 5.32 Å². The second-order valence-corrected chi connectivity index (χ2v) is 5.71. The minimum Gasteiger partial charge on any atom is -0.347 e. The highest BCUT2D eigenvalue weighted by Crippen LogP contribution is 2.20. The van der Waals surface area contributed by atoms with Gasteiger partial charge in [-0.25, -0.2) is 0 Å². The number of benzene rings is 1. The Balaban J connectivity index is 2.01. The molecule has 1 aromatic heterocycles. The molecule has 5 heteroatoms. The van der Waals surface area contributed by atoms with Crippen LogP contribution in [0.3, 0.4) is 0 Å². The molecule has 1 amide bonds.